The van der Waals surface area contributed by atoms with E-state index in [-0.39, 0.29) is 37.4 Å². The van der Waals surface area contributed by atoms with Crippen LogP contribution in [0.25, 0.3) is 0 Å². The standard InChI is InChI=1S/C14H24N2O8S/c1-2-6-23-14(21)9-25(22)7-5-10(17)15-8-13(20)24-16-11(18)3-4-12(16)19/h11-12,18-19H,2-9H2,1H3,(H,15,17). The Morgan fingerprint density at radius 2 is 1.84 bits per heavy atom. The van der Waals surface area contributed by atoms with Gasteiger partial charge in [0.25, 0.3) is 0 Å². The highest BCUT2D eigenvalue weighted by atomic mass is 32.2. The van der Waals surface area contributed by atoms with Gasteiger partial charge in [-0.1, -0.05) is 12.0 Å². The third-order valence-corrected chi connectivity index (χ3v) is 4.43. The van der Waals surface area contributed by atoms with Crippen LogP contribution < -0.4 is 5.32 Å². The molecule has 0 saturated carbocycles. The number of hydrogen-bond donors (Lipinski definition) is 3. The normalized spacial score (nSPS) is 21.6. The van der Waals surface area contributed by atoms with Crippen molar-refractivity contribution in [2.75, 3.05) is 24.7 Å². The van der Waals surface area contributed by atoms with Crippen LogP contribution in [0.1, 0.15) is 32.6 Å². The van der Waals surface area contributed by atoms with Crippen molar-refractivity contribution < 1.29 is 38.4 Å². The lowest BCUT2D eigenvalue weighted by molar-refractivity contribution is -0.260. The molecule has 0 bridgehead atoms. The van der Waals surface area contributed by atoms with Crippen LogP contribution in [0, 0.1) is 0 Å². The SMILES string of the molecule is CCCOC(=O)CS(=O)CCC(=O)NCC(=O)ON1C(O)CCC1O. The van der Waals surface area contributed by atoms with Crippen molar-refractivity contribution in [3.63, 3.8) is 0 Å². The molecule has 144 valence electrons. The molecule has 10 nitrogen and oxygen atoms in total. The zero-order valence-corrected chi connectivity index (χ0v) is 14.8. The summed E-state index contributed by atoms with van der Waals surface area (Å²) in [5.74, 6) is -2.27. The van der Waals surface area contributed by atoms with Gasteiger partial charge in [0.2, 0.25) is 5.91 Å². The number of carbonyl (C=O) groups excluding carboxylic acids is 3. The van der Waals surface area contributed by atoms with Crippen molar-refractivity contribution >= 4 is 28.6 Å². The minimum absolute atomic E-state index is 0.0361. The quantitative estimate of drug-likeness (QED) is 0.381. The third kappa shape index (κ3) is 8.38. The van der Waals surface area contributed by atoms with E-state index >= 15 is 0 Å². The maximum atomic E-state index is 11.6. The third-order valence-electron chi connectivity index (χ3n) is 3.21. The van der Waals surface area contributed by atoms with Gasteiger partial charge < -0.3 is 25.1 Å². The van der Waals surface area contributed by atoms with Gasteiger partial charge in [0.05, 0.1) is 6.61 Å². The van der Waals surface area contributed by atoms with Crippen molar-refractivity contribution in [3.8, 4) is 0 Å². The molecule has 0 aliphatic carbocycles. The van der Waals surface area contributed by atoms with Crippen LogP contribution in [0.3, 0.4) is 0 Å². The zero-order chi connectivity index (χ0) is 18.8. The van der Waals surface area contributed by atoms with Crippen molar-refractivity contribution in [1.29, 1.82) is 0 Å². The minimum atomic E-state index is -1.53. The highest BCUT2D eigenvalue weighted by molar-refractivity contribution is 7.85. The highest BCUT2D eigenvalue weighted by Crippen LogP contribution is 2.20. The van der Waals surface area contributed by atoms with Gasteiger partial charge in [-0.15, -0.1) is 0 Å². The molecule has 1 heterocycles. The second-order valence-corrected chi connectivity index (χ2v) is 6.97. The molecule has 1 fully saturated rings. The summed E-state index contributed by atoms with van der Waals surface area (Å²) < 4.78 is 16.4. The average Bonchev–Trinajstić information content (AvgIpc) is 2.88. The summed E-state index contributed by atoms with van der Waals surface area (Å²) in [5, 5.41) is 22.0. The Hall–Kier alpha value is -1.56. The van der Waals surface area contributed by atoms with Crippen LogP contribution in [-0.4, -0.2) is 74.4 Å². The van der Waals surface area contributed by atoms with Gasteiger partial charge in [-0.25, -0.2) is 4.79 Å². The Labute approximate surface area is 147 Å². The van der Waals surface area contributed by atoms with Crippen LogP contribution in [0.2, 0.25) is 0 Å². The van der Waals surface area contributed by atoms with E-state index < -0.39 is 47.6 Å². The van der Waals surface area contributed by atoms with Crippen molar-refractivity contribution in [2.45, 2.75) is 45.1 Å². The summed E-state index contributed by atoms with van der Waals surface area (Å²) in [6, 6.07) is 0. The Morgan fingerprint density at radius 1 is 1.20 bits per heavy atom. The van der Waals surface area contributed by atoms with Gasteiger partial charge in [-0.05, 0) is 19.3 Å². The minimum Gasteiger partial charge on any atom is -0.465 e. The predicted molar refractivity (Wildman–Crippen MR) is 85.9 cm³/mol. The summed E-state index contributed by atoms with van der Waals surface area (Å²) >= 11 is 0. The van der Waals surface area contributed by atoms with E-state index in [4.69, 9.17) is 9.57 Å². The van der Waals surface area contributed by atoms with Crippen molar-refractivity contribution in [2.24, 2.45) is 0 Å². The van der Waals surface area contributed by atoms with Gasteiger partial charge >= 0.3 is 11.9 Å². The molecule has 3 N–H and O–H groups in total. The number of ether oxygens (including phenoxy) is 1. The largest absolute Gasteiger partial charge is 0.465 e. The van der Waals surface area contributed by atoms with Crippen LogP contribution >= 0.6 is 0 Å². The number of aliphatic hydroxyl groups excluding tert-OH is 2. The zero-order valence-electron chi connectivity index (χ0n) is 14.0. The summed E-state index contributed by atoms with van der Waals surface area (Å²) in [6.07, 6.45) is -1.08. The molecule has 0 aromatic rings. The van der Waals surface area contributed by atoms with E-state index in [1.807, 2.05) is 6.92 Å². The molecule has 1 rings (SSSR count). The summed E-state index contributed by atoms with van der Waals surface area (Å²) in [6.45, 7) is 1.64. The van der Waals surface area contributed by atoms with E-state index in [9.17, 15) is 28.8 Å². The van der Waals surface area contributed by atoms with Gasteiger partial charge in [0, 0.05) is 23.0 Å². The first-order chi connectivity index (χ1) is 11.8. The van der Waals surface area contributed by atoms with Crippen molar-refractivity contribution in [3.05, 3.63) is 0 Å². The van der Waals surface area contributed by atoms with Gasteiger partial charge in [0.15, 0.2) is 0 Å². The molecular formula is C14H24N2O8S. The Kier molecular flexibility index (Phi) is 9.57. The molecule has 0 aromatic heterocycles. The fourth-order valence-electron chi connectivity index (χ4n) is 1.95. The Bertz CT molecular complexity index is 491. The summed E-state index contributed by atoms with van der Waals surface area (Å²) in [5.41, 5.74) is 0. The molecule has 11 heteroatoms. The van der Waals surface area contributed by atoms with Crippen LogP contribution in [0.4, 0.5) is 0 Å². The molecule has 1 amide bonds. The highest BCUT2D eigenvalue weighted by Gasteiger charge is 2.34. The van der Waals surface area contributed by atoms with Crippen LogP contribution in [0.5, 0.6) is 0 Å². The maximum absolute atomic E-state index is 11.6. The van der Waals surface area contributed by atoms with Gasteiger partial charge in [-0.2, -0.15) is 0 Å². The molecule has 1 aliphatic heterocycles. The average molecular weight is 380 g/mol. The Morgan fingerprint density at radius 3 is 2.44 bits per heavy atom. The number of carbonyl (C=O) groups is 3. The number of rotatable bonds is 10. The first-order valence-electron chi connectivity index (χ1n) is 7.96. The molecule has 1 saturated heterocycles. The molecule has 25 heavy (non-hydrogen) atoms. The monoisotopic (exact) mass is 380 g/mol. The number of hydroxylamine groups is 2. The lowest BCUT2D eigenvalue weighted by Gasteiger charge is -2.21. The topological polar surface area (TPSA) is 142 Å². The van der Waals surface area contributed by atoms with Crippen LogP contribution in [-0.2, 0) is 34.8 Å². The lowest BCUT2D eigenvalue weighted by Crippen LogP contribution is -2.41. The predicted octanol–water partition coefficient (Wildman–Crippen LogP) is -1.61. The lowest BCUT2D eigenvalue weighted by atomic mass is 10.3. The molecule has 0 spiro atoms. The smallest absolute Gasteiger partial charge is 0.344 e. The molecule has 0 radical (unpaired) electrons. The first-order valence-corrected chi connectivity index (χ1v) is 9.44. The number of hydrogen-bond acceptors (Lipinski definition) is 9. The fourth-order valence-corrected chi connectivity index (χ4v) is 2.85. The number of amides is 1. The summed E-state index contributed by atoms with van der Waals surface area (Å²) in [7, 11) is -1.53. The number of esters is 1. The van der Waals surface area contributed by atoms with Gasteiger partial charge in [-0.3, -0.25) is 13.8 Å². The molecule has 3 atom stereocenters. The molecular weight excluding hydrogens is 356 g/mol. The summed E-state index contributed by atoms with van der Waals surface area (Å²) in [4.78, 5) is 39.2. The van der Waals surface area contributed by atoms with Gasteiger partial charge in [0.1, 0.15) is 24.8 Å². The van der Waals surface area contributed by atoms with E-state index in [0.717, 1.165) is 5.06 Å². The second-order valence-electron chi connectivity index (χ2n) is 5.40. The number of nitrogens with one attached hydrogen (secondary N) is 1. The second kappa shape index (κ2) is 11.1. The number of aliphatic hydroxyl groups is 2. The van der Waals surface area contributed by atoms with E-state index in [2.05, 4.69) is 5.32 Å². The van der Waals surface area contributed by atoms with E-state index in [1.54, 1.807) is 0 Å². The Balaban J connectivity index is 2.18. The molecule has 0 aromatic carbocycles. The van der Waals surface area contributed by atoms with Crippen LogP contribution in [0.15, 0.2) is 0 Å². The van der Waals surface area contributed by atoms with E-state index in [1.165, 1.54) is 0 Å². The molecule has 1 aliphatic rings. The fraction of sp³-hybridized carbons (Fsp3) is 0.786. The maximum Gasteiger partial charge on any atom is 0.344 e. The first kappa shape index (κ1) is 21.5. The number of nitrogens with zero attached hydrogens (tertiary/aromatic N) is 1. The molecule has 3 unspecified atom stereocenters. The van der Waals surface area contributed by atoms with E-state index in [0.29, 0.717) is 6.42 Å². The van der Waals surface area contributed by atoms with Crippen molar-refractivity contribution in [1.82, 2.24) is 10.4 Å².